The normalized spacial score (nSPS) is 10.4. The SMILES string of the molecule is CC.Cc1ncc2c(n1)[nH]c(=O)n2C(C)C. The molecule has 5 nitrogen and oxygen atoms in total. The summed E-state index contributed by atoms with van der Waals surface area (Å²) < 4.78 is 1.65. The second-order valence-electron chi connectivity index (χ2n) is 3.54. The molecule has 0 fully saturated rings. The smallest absolute Gasteiger partial charge is 0.290 e. The number of hydrogen-bond acceptors (Lipinski definition) is 3. The first kappa shape index (κ1) is 12.4. The lowest BCUT2D eigenvalue weighted by molar-refractivity contribution is 0.597. The van der Waals surface area contributed by atoms with Gasteiger partial charge in [-0.3, -0.25) is 9.55 Å². The predicted octanol–water partition coefficient (Wildman–Crippen LogP) is 2.04. The number of H-pyrrole nitrogens is 1. The minimum absolute atomic E-state index is 0.113. The number of aromatic amines is 1. The van der Waals surface area contributed by atoms with Crippen LogP contribution in [0.3, 0.4) is 0 Å². The Morgan fingerprint density at radius 3 is 2.56 bits per heavy atom. The van der Waals surface area contributed by atoms with Gasteiger partial charge < -0.3 is 0 Å². The maximum atomic E-state index is 11.5. The van der Waals surface area contributed by atoms with Gasteiger partial charge in [-0.2, -0.15) is 0 Å². The van der Waals surface area contributed by atoms with E-state index in [9.17, 15) is 4.79 Å². The second kappa shape index (κ2) is 4.92. The number of aromatic nitrogens is 4. The lowest BCUT2D eigenvalue weighted by atomic mass is 10.4. The van der Waals surface area contributed by atoms with Crippen LogP contribution >= 0.6 is 0 Å². The summed E-state index contributed by atoms with van der Waals surface area (Å²) in [5.74, 6) is 0.662. The Labute approximate surface area is 94.5 Å². The van der Waals surface area contributed by atoms with Crippen molar-refractivity contribution in [3.8, 4) is 0 Å². The van der Waals surface area contributed by atoms with Crippen LogP contribution in [0.1, 0.15) is 39.6 Å². The van der Waals surface area contributed by atoms with E-state index in [1.807, 2.05) is 27.7 Å². The summed E-state index contributed by atoms with van der Waals surface area (Å²) in [6.07, 6.45) is 1.68. The monoisotopic (exact) mass is 222 g/mol. The largest absolute Gasteiger partial charge is 0.327 e. The number of nitrogens with one attached hydrogen (secondary N) is 1. The van der Waals surface area contributed by atoms with Crippen LogP contribution in [0.15, 0.2) is 11.0 Å². The molecule has 0 amide bonds. The van der Waals surface area contributed by atoms with E-state index in [0.29, 0.717) is 11.5 Å². The first-order chi connectivity index (χ1) is 7.59. The number of fused-ring (bicyclic) bond motifs is 1. The fourth-order valence-electron chi connectivity index (χ4n) is 1.52. The molecule has 2 aromatic rings. The Morgan fingerprint density at radius 1 is 1.38 bits per heavy atom. The van der Waals surface area contributed by atoms with Crippen molar-refractivity contribution in [2.45, 2.75) is 40.7 Å². The highest BCUT2D eigenvalue weighted by atomic mass is 16.1. The zero-order valence-electron chi connectivity index (χ0n) is 10.4. The molecule has 0 unspecified atom stereocenters. The van der Waals surface area contributed by atoms with Crippen LogP contribution in [0, 0.1) is 6.92 Å². The topological polar surface area (TPSA) is 63.6 Å². The first-order valence-electron chi connectivity index (χ1n) is 5.53. The maximum Gasteiger partial charge on any atom is 0.327 e. The van der Waals surface area contributed by atoms with E-state index in [-0.39, 0.29) is 11.7 Å². The molecule has 0 radical (unpaired) electrons. The van der Waals surface area contributed by atoms with E-state index < -0.39 is 0 Å². The predicted molar refractivity (Wildman–Crippen MR) is 64.6 cm³/mol. The minimum Gasteiger partial charge on any atom is -0.290 e. The summed E-state index contributed by atoms with van der Waals surface area (Å²) in [6, 6.07) is 0.113. The molecule has 0 bridgehead atoms. The highest BCUT2D eigenvalue weighted by Gasteiger charge is 2.10. The Hall–Kier alpha value is -1.65. The molecule has 16 heavy (non-hydrogen) atoms. The standard InChI is InChI=1S/C9H12N4O.C2H6/c1-5(2)13-7-4-10-6(3)11-8(7)12-9(13)14;1-2/h4-5H,1-3H3,(H,10,11,12,14);1-2H3. The molecule has 2 heterocycles. The molecule has 88 valence electrons. The van der Waals surface area contributed by atoms with Gasteiger partial charge in [-0.1, -0.05) is 13.8 Å². The molecule has 0 saturated carbocycles. The van der Waals surface area contributed by atoms with Crippen molar-refractivity contribution in [2.75, 3.05) is 0 Å². The van der Waals surface area contributed by atoms with E-state index in [1.165, 1.54) is 0 Å². The van der Waals surface area contributed by atoms with E-state index in [0.717, 1.165) is 5.52 Å². The van der Waals surface area contributed by atoms with Crippen LogP contribution in [0.2, 0.25) is 0 Å². The van der Waals surface area contributed by atoms with Gasteiger partial charge in [-0.25, -0.2) is 14.8 Å². The van der Waals surface area contributed by atoms with Gasteiger partial charge in [0.1, 0.15) is 11.3 Å². The van der Waals surface area contributed by atoms with Crippen molar-refractivity contribution >= 4 is 11.2 Å². The Kier molecular flexibility index (Phi) is 3.82. The Bertz CT molecular complexity index is 524. The lowest BCUT2D eigenvalue weighted by Gasteiger charge is -2.05. The van der Waals surface area contributed by atoms with Gasteiger partial charge in [0.2, 0.25) is 0 Å². The van der Waals surface area contributed by atoms with Gasteiger partial charge in [0.15, 0.2) is 5.65 Å². The van der Waals surface area contributed by atoms with E-state index in [1.54, 1.807) is 17.7 Å². The molecule has 2 aromatic heterocycles. The number of aryl methyl sites for hydroxylation is 1. The summed E-state index contributed by atoms with van der Waals surface area (Å²) in [4.78, 5) is 22.5. The zero-order chi connectivity index (χ0) is 12.3. The zero-order valence-corrected chi connectivity index (χ0v) is 10.4. The summed E-state index contributed by atoms with van der Waals surface area (Å²) in [5.41, 5.74) is 1.24. The molecule has 0 spiro atoms. The van der Waals surface area contributed by atoms with Gasteiger partial charge >= 0.3 is 5.69 Å². The van der Waals surface area contributed by atoms with Crippen LogP contribution in [0.25, 0.3) is 11.2 Å². The molecule has 0 aromatic carbocycles. The Balaban J connectivity index is 0.000000606. The molecule has 2 rings (SSSR count). The first-order valence-corrected chi connectivity index (χ1v) is 5.53. The van der Waals surface area contributed by atoms with Gasteiger partial charge in [-0.05, 0) is 20.8 Å². The fraction of sp³-hybridized carbons (Fsp3) is 0.545. The summed E-state index contributed by atoms with van der Waals surface area (Å²) in [7, 11) is 0. The van der Waals surface area contributed by atoms with E-state index >= 15 is 0 Å². The maximum absolute atomic E-state index is 11.5. The third-order valence-corrected chi connectivity index (χ3v) is 2.11. The molecule has 5 heteroatoms. The van der Waals surface area contributed by atoms with Crippen molar-refractivity contribution in [3.05, 3.63) is 22.5 Å². The van der Waals surface area contributed by atoms with Crippen LogP contribution in [0.5, 0.6) is 0 Å². The van der Waals surface area contributed by atoms with Gasteiger partial charge in [-0.15, -0.1) is 0 Å². The van der Waals surface area contributed by atoms with Crippen molar-refractivity contribution in [2.24, 2.45) is 0 Å². The second-order valence-corrected chi connectivity index (χ2v) is 3.54. The molecule has 0 aliphatic rings. The van der Waals surface area contributed by atoms with Crippen LogP contribution in [-0.4, -0.2) is 19.5 Å². The summed E-state index contributed by atoms with van der Waals surface area (Å²) in [5, 5.41) is 0. The molecule has 1 N–H and O–H groups in total. The molecule has 0 atom stereocenters. The van der Waals surface area contributed by atoms with Crippen molar-refractivity contribution in [1.29, 1.82) is 0 Å². The lowest BCUT2D eigenvalue weighted by Crippen LogP contribution is -2.18. The van der Waals surface area contributed by atoms with Gasteiger partial charge in [0.25, 0.3) is 0 Å². The molecule has 0 saturated heterocycles. The number of nitrogens with zero attached hydrogens (tertiary/aromatic N) is 3. The molecular weight excluding hydrogens is 204 g/mol. The van der Waals surface area contributed by atoms with Crippen molar-refractivity contribution in [3.63, 3.8) is 0 Å². The average molecular weight is 222 g/mol. The van der Waals surface area contributed by atoms with E-state index in [4.69, 9.17) is 0 Å². The highest BCUT2D eigenvalue weighted by molar-refractivity contribution is 5.69. The van der Waals surface area contributed by atoms with E-state index in [2.05, 4.69) is 15.0 Å². The molecule has 0 aliphatic heterocycles. The van der Waals surface area contributed by atoms with Crippen molar-refractivity contribution in [1.82, 2.24) is 19.5 Å². The number of hydrogen-bond donors (Lipinski definition) is 1. The molecular formula is C11H18N4O. The average Bonchev–Trinajstić information content (AvgIpc) is 2.56. The molecule has 0 aliphatic carbocycles. The Morgan fingerprint density at radius 2 is 2.00 bits per heavy atom. The fourth-order valence-corrected chi connectivity index (χ4v) is 1.52. The van der Waals surface area contributed by atoms with Crippen LogP contribution < -0.4 is 5.69 Å². The summed E-state index contributed by atoms with van der Waals surface area (Å²) in [6.45, 7) is 9.70. The minimum atomic E-state index is -0.130. The van der Waals surface area contributed by atoms with Gasteiger partial charge in [0.05, 0.1) is 6.20 Å². The number of imidazole rings is 1. The summed E-state index contributed by atoms with van der Waals surface area (Å²) >= 11 is 0. The number of rotatable bonds is 1. The van der Waals surface area contributed by atoms with Crippen LogP contribution in [-0.2, 0) is 0 Å². The highest BCUT2D eigenvalue weighted by Crippen LogP contribution is 2.11. The van der Waals surface area contributed by atoms with Crippen molar-refractivity contribution < 1.29 is 0 Å². The third-order valence-electron chi connectivity index (χ3n) is 2.11. The third kappa shape index (κ3) is 2.13. The van der Waals surface area contributed by atoms with Crippen LogP contribution in [0.4, 0.5) is 0 Å². The van der Waals surface area contributed by atoms with Gasteiger partial charge in [0, 0.05) is 6.04 Å². The quantitative estimate of drug-likeness (QED) is 0.803.